The number of carbonyl (C=O) groups excluding carboxylic acids is 1. The zero-order valence-electron chi connectivity index (χ0n) is 12.2. The van der Waals surface area contributed by atoms with E-state index in [4.69, 9.17) is 11.6 Å². The van der Waals surface area contributed by atoms with Crippen LogP contribution in [-0.2, 0) is 11.0 Å². The van der Waals surface area contributed by atoms with Crippen molar-refractivity contribution < 1.29 is 18.0 Å². The van der Waals surface area contributed by atoms with E-state index in [-0.39, 0.29) is 21.7 Å². The second-order valence-electron chi connectivity index (χ2n) is 4.66. The Labute approximate surface area is 136 Å². The molecule has 0 aliphatic carbocycles. The number of pyridine rings is 1. The van der Waals surface area contributed by atoms with E-state index in [0.717, 1.165) is 23.4 Å². The van der Waals surface area contributed by atoms with Crippen LogP contribution >= 0.6 is 23.4 Å². The van der Waals surface area contributed by atoms with Gasteiger partial charge in [-0.3, -0.25) is 4.79 Å². The summed E-state index contributed by atoms with van der Waals surface area (Å²) in [6.45, 7) is 8.39. The second-order valence-corrected chi connectivity index (χ2v) is 6.03. The molecule has 8 heteroatoms. The number of nitrogens with zero attached hydrogens (tertiary/aromatic N) is 2. The van der Waals surface area contributed by atoms with E-state index >= 15 is 0 Å². The van der Waals surface area contributed by atoms with Crippen LogP contribution in [0.5, 0.6) is 0 Å². The third kappa shape index (κ3) is 5.53. The molecule has 0 saturated carbocycles. The lowest BCUT2D eigenvalue weighted by atomic mass is 10.3. The molecule has 0 fully saturated rings. The molecule has 0 aliphatic heterocycles. The Bertz CT molecular complexity index is 564. The largest absolute Gasteiger partial charge is 0.417 e. The van der Waals surface area contributed by atoms with Crippen molar-refractivity contribution in [2.24, 2.45) is 0 Å². The number of hydrogen-bond acceptors (Lipinski definition) is 3. The molecule has 0 aromatic carbocycles. The highest BCUT2D eigenvalue weighted by atomic mass is 35.5. The second kappa shape index (κ2) is 7.87. The monoisotopic (exact) mass is 352 g/mol. The lowest BCUT2D eigenvalue weighted by Gasteiger charge is -2.20. The van der Waals surface area contributed by atoms with Gasteiger partial charge in [0.25, 0.3) is 0 Å². The van der Waals surface area contributed by atoms with Gasteiger partial charge in [0.05, 0.1) is 16.3 Å². The smallest absolute Gasteiger partial charge is 0.338 e. The van der Waals surface area contributed by atoms with E-state index < -0.39 is 11.7 Å². The van der Waals surface area contributed by atoms with Crippen LogP contribution in [0, 0.1) is 0 Å². The third-order valence-corrected chi connectivity index (χ3v) is 4.05. The highest BCUT2D eigenvalue weighted by molar-refractivity contribution is 8.00. The van der Waals surface area contributed by atoms with Crippen molar-refractivity contribution in [3.63, 3.8) is 0 Å². The van der Waals surface area contributed by atoms with Crippen LogP contribution in [0.3, 0.4) is 0 Å². The molecule has 1 aromatic rings. The van der Waals surface area contributed by atoms with Crippen LogP contribution in [0.1, 0.15) is 19.4 Å². The third-order valence-electron chi connectivity index (χ3n) is 2.66. The van der Waals surface area contributed by atoms with E-state index in [0.29, 0.717) is 19.3 Å². The van der Waals surface area contributed by atoms with Crippen LogP contribution in [0.2, 0.25) is 5.02 Å². The number of aromatic nitrogens is 1. The van der Waals surface area contributed by atoms with Gasteiger partial charge in [0.2, 0.25) is 5.91 Å². The van der Waals surface area contributed by atoms with Crippen molar-refractivity contribution in [2.45, 2.75) is 25.0 Å². The Kier molecular flexibility index (Phi) is 6.74. The average molecular weight is 353 g/mol. The summed E-state index contributed by atoms with van der Waals surface area (Å²) in [4.78, 5) is 17.3. The molecule has 0 radical (unpaired) electrons. The van der Waals surface area contributed by atoms with Crippen molar-refractivity contribution in [1.29, 1.82) is 0 Å². The molecule has 122 valence electrons. The normalized spacial score (nSPS) is 11.4. The molecule has 0 N–H and O–H groups in total. The molecule has 0 aliphatic rings. The van der Waals surface area contributed by atoms with Gasteiger partial charge in [-0.25, -0.2) is 4.98 Å². The minimum atomic E-state index is -4.49. The molecule has 0 atom stereocenters. The number of likely N-dealkylation sites (N-methyl/N-ethyl adjacent to an activating group) is 1. The Morgan fingerprint density at radius 1 is 1.50 bits per heavy atom. The van der Waals surface area contributed by atoms with Crippen LogP contribution in [-0.4, -0.2) is 34.6 Å². The quantitative estimate of drug-likeness (QED) is 0.566. The average Bonchev–Trinajstić information content (AvgIpc) is 2.41. The van der Waals surface area contributed by atoms with E-state index in [1.807, 2.05) is 13.8 Å². The fourth-order valence-corrected chi connectivity index (χ4v) is 2.71. The molecule has 0 unspecified atom stereocenters. The molecule has 1 amide bonds. The van der Waals surface area contributed by atoms with Gasteiger partial charge >= 0.3 is 6.18 Å². The number of carbonyl (C=O) groups is 1. The topological polar surface area (TPSA) is 33.2 Å². The van der Waals surface area contributed by atoms with Gasteiger partial charge < -0.3 is 4.90 Å². The first-order valence-electron chi connectivity index (χ1n) is 6.42. The van der Waals surface area contributed by atoms with Gasteiger partial charge in [0.15, 0.2) is 0 Å². The maximum atomic E-state index is 12.5. The summed E-state index contributed by atoms with van der Waals surface area (Å²) in [5, 5.41) is 0.0879. The summed E-state index contributed by atoms with van der Waals surface area (Å²) in [5.41, 5.74) is -0.0588. The van der Waals surface area contributed by atoms with Crippen molar-refractivity contribution in [3.05, 3.63) is 35.0 Å². The fraction of sp³-hybridized carbons (Fsp3) is 0.429. The predicted molar refractivity (Wildman–Crippen MR) is 82.0 cm³/mol. The van der Waals surface area contributed by atoms with Crippen molar-refractivity contribution >= 4 is 29.3 Å². The van der Waals surface area contributed by atoms with Crippen LogP contribution in [0.15, 0.2) is 29.4 Å². The standard InChI is InChI=1S/C14H16ClF3N2OS/c1-4-20(7-9(2)3)12(21)8-22-13-11(15)5-10(6-19-13)14(16,17)18/h5-6H,2,4,7-8H2,1,3H3. The first kappa shape index (κ1) is 18.8. The molecular formula is C14H16ClF3N2OS. The molecule has 1 heterocycles. The first-order chi connectivity index (χ1) is 10.1. The number of rotatable bonds is 6. The zero-order valence-corrected chi connectivity index (χ0v) is 13.8. The highest BCUT2D eigenvalue weighted by Crippen LogP contribution is 2.33. The summed E-state index contributed by atoms with van der Waals surface area (Å²) in [7, 11) is 0. The minimum absolute atomic E-state index is 0.0548. The maximum Gasteiger partial charge on any atom is 0.417 e. The van der Waals surface area contributed by atoms with E-state index in [9.17, 15) is 18.0 Å². The maximum absolute atomic E-state index is 12.5. The van der Waals surface area contributed by atoms with Gasteiger partial charge in [-0.2, -0.15) is 13.2 Å². The SMILES string of the molecule is C=C(C)CN(CC)C(=O)CSc1ncc(C(F)(F)F)cc1Cl. The molecule has 3 nitrogen and oxygen atoms in total. The zero-order chi connectivity index (χ0) is 16.9. The van der Waals surface area contributed by atoms with Crippen molar-refractivity contribution in [3.8, 4) is 0 Å². The number of thioether (sulfide) groups is 1. The molecule has 1 aromatic heterocycles. The molecular weight excluding hydrogens is 337 g/mol. The number of amides is 1. The summed E-state index contributed by atoms with van der Waals surface area (Å²) < 4.78 is 37.5. The van der Waals surface area contributed by atoms with Gasteiger partial charge in [-0.05, 0) is 19.9 Å². The Hall–Kier alpha value is -1.21. The van der Waals surface area contributed by atoms with Crippen LogP contribution < -0.4 is 0 Å². The molecule has 0 bridgehead atoms. The van der Waals surface area contributed by atoms with E-state index in [1.54, 1.807) is 4.90 Å². The van der Waals surface area contributed by atoms with E-state index in [2.05, 4.69) is 11.6 Å². The Morgan fingerprint density at radius 3 is 2.59 bits per heavy atom. The lowest BCUT2D eigenvalue weighted by Crippen LogP contribution is -2.33. The van der Waals surface area contributed by atoms with Gasteiger partial charge in [-0.1, -0.05) is 35.5 Å². The van der Waals surface area contributed by atoms with E-state index in [1.165, 1.54) is 0 Å². The van der Waals surface area contributed by atoms with Gasteiger partial charge in [0.1, 0.15) is 5.03 Å². The minimum Gasteiger partial charge on any atom is -0.338 e. The molecule has 0 saturated heterocycles. The molecule has 22 heavy (non-hydrogen) atoms. The Morgan fingerprint density at radius 2 is 2.14 bits per heavy atom. The lowest BCUT2D eigenvalue weighted by molar-refractivity contribution is -0.138. The van der Waals surface area contributed by atoms with Gasteiger partial charge in [0, 0.05) is 19.3 Å². The highest BCUT2D eigenvalue weighted by Gasteiger charge is 2.31. The number of hydrogen-bond donors (Lipinski definition) is 0. The molecule has 1 rings (SSSR count). The number of halogens is 4. The van der Waals surface area contributed by atoms with Gasteiger partial charge in [-0.15, -0.1) is 0 Å². The summed E-state index contributed by atoms with van der Waals surface area (Å²) >= 11 is 6.81. The van der Waals surface area contributed by atoms with Crippen LogP contribution in [0.4, 0.5) is 13.2 Å². The predicted octanol–water partition coefficient (Wildman–Crippen LogP) is 4.27. The fourth-order valence-electron chi connectivity index (χ4n) is 1.61. The molecule has 0 spiro atoms. The summed E-state index contributed by atoms with van der Waals surface area (Å²) in [5.74, 6) is -0.0904. The first-order valence-corrected chi connectivity index (χ1v) is 7.79. The number of alkyl halides is 3. The van der Waals surface area contributed by atoms with Crippen LogP contribution in [0.25, 0.3) is 0 Å². The summed E-state index contributed by atoms with van der Waals surface area (Å²) in [6, 6.07) is 0.812. The summed E-state index contributed by atoms with van der Waals surface area (Å²) in [6.07, 6.45) is -3.78. The Balaban J connectivity index is 2.72. The van der Waals surface area contributed by atoms with Crippen molar-refractivity contribution in [2.75, 3.05) is 18.8 Å². The van der Waals surface area contributed by atoms with Crippen molar-refractivity contribution in [1.82, 2.24) is 9.88 Å².